The molecular weight excluding hydrogens is 466 g/mol. The van der Waals surface area contributed by atoms with E-state index in [2.05, 4.69) is 115 Å². The predicted molar refractivity (Wildman–Crippen MR) is 154 cm³/mol. The minimum Gasteiger partial charge on any atom is -0.317 e. The Hall–Kier alpha value is -5.29. The van der Waals surface area contributed by atoms with Crippen LogP contribution in [0.25, 0.3) is 66.2 Å². The molecule has 0 aliphatic rings. The van der Waals surface area contributed by atoms with Gasteiger partial charge in [-0.25, -0.2) is 9.97 Å². The lowest BCUT2D eigenvalue weighted by Crippen LogP contribution is -1.98. The van der Waals surface area contributed by atoms with E-state index in [1.54, 1.807) is 12.4 Å². The first kappa shape index (κ1) is 20.9. The Balaban J connectivity index is 1.36. The summed E-state index contributed by atoms with van der Waals surface area (Å²) in [5, 5.41) is 6.11. The normalized spacial score (nSPS) is 11.7. The number of fused-ring (bicyclic) bond motifs is 6. The van der Waals surface area contributed by atoms with E-state index >= 15 is 0 Å². The van der Waals surface area contributed by atoms with Crippen LogP contribution in [-0.2, 0) is 0 Å². The molecule has 0 unspecified atom stereocenters. The first-order valence-electron chi connectivity index (χ1n) is 12.6. The topological polar surface area (TPSA) is 48.5 Å². The van der Waals surface area contributed by atoms with Crippen molar-refractivity contribution in [3.63, 3.8) is 0 Å². The average Bonchev–Trinajstić information content (AvgIpc) is 3.57. The smallest absolute Gasteiger partial charge is 0.160 e. The summed E-state index contributed by atoms with van der Waals surface area (Å²) in [7, 11) is 0. The largest absolute Gasteiger partial charge is 0.317 e. The van der Waals surface area contributed by atoms with Gasteiger partial charge in [-0.1, -0.05) is 42.5 Å². The number of rotatable bonds is 3. The zero-order valence-electron chi connectivity index (χ0n) is 20.4. The van der Waals surface area contributed by atoms with Gasteiger partial charge in [-0.3, -0.25) is 4.98 Å². The second kappa shape index (κ2) is 8.11. The van der Waals surface area contributed by atoms with Crippen molar-refractivity contribution in [2.45, 2.75) is 0 Å². The summed E-state index contributed by atoms with van der Waals surface area (Å²) in [6, 6.07) is 34.2. The van der Waals surface area contributed by atoms with Crippen LogP contribution in [0.4, 0.5) is 0 Å². The Bertz CT molecular complexity index is 2110. The van der Waals surface area contributed by atoms with Crippen LogP contribution in [0.2, 0.25) is 0 Å². The molecule has 0 radical (unpaired) electrons. The van der Waals surface area contributed by atoms with Crippen molar-refractivity contribution in [2.24, 2.45) is 0 Å². The van der Waals surface area contributed by atoms with Gasteiger partial charge >= 0.3 is 0 Å². The SMILES string of the molecule is c1ccc(-n2ccc3c4cc5c6ccccc6n(-c6cnc(-c7cccnc7)nc6)c5cc4ccc32)cc1. The average molecular weight is 488 g/mol. The molecule has 38 heavy (non-hydrogen) atoms. The van der Waals surface area contributed by atoms with Crippen LogP contribution < -0.4 is 0 Å². The second-order valence-corrected chi connectivity index (χ2v) is 9.47. The van der Waals surface area contributed by atoms with Gasteiger partial charge in [0.25, 0.3) is 0 Å². The maximum absolute atomic E-state index is 4.68. The molecule has 8 aromatic rings. The molecule has 178 valence electrons. The van der Waals surface area contributed by atoms with Crippen LogP contribution in [0, 0.1) is 0 Å². The number of hydrogen-bond donors (Lipinski definition) is 0. The third-order valence-electron chi connectivity index (χ3n) is 7.33. The Labute approximate surface area is 218 Å². The molecule has 4 heterocycles. The molecule has 0 spiro atoms. The van der Waals surface area contributed by atoms with Gasteiger partial charge in [0.2, 0.25) is 0 Å². The molecule has 0 amide bonds. The van der Waals surface area contributed by atoms with E-state index in [-0.39, 0.29) is 0 Å². The van der Waals surface area contributed by atoms with Crippen molar-refractivity contribution >= 4 is 43.5 Å². The summed E-state index contributed by atoms with van der Waals surface area (Å²) in [6.07, 6.45) is 9.50. The van der Waals surface area contributed by atoms with Crippen molar-refractivity contribution in [2.75, 3.05) is 0 Å². The molecule has 8 rings (SSSR count). The van der Waals surface area contributed by atoms with Crippen LogP contribution in [0.15, 0.2) is 128 Å². The fourth-order valence-corrected chi connectivity index (χ4v) is 5.59. The third kappa shape index (κ3) is 3.09. The molecule has 0 aliphatic carbocycles. The van der Waals surface area contributed by atoms with E-state index in [0.717, 1.165) is 28.0 Å². The third-order valence-corrected chi connectivity index (χ3v) is 7.33. The van der Waals surface area contributed by atoms with Crippen molar-refractivity contribution in [1.29, 1.82) is 0 Å². The Morgan fingerprint density at radius 2 is 1.34 bits per heavy atom. The highest BCUT2D eigenvalue weighted by molar-refractivity contribution is 6.18. The quantitative estimate of drug-likeness (QED) is 0.256. The molecule has 0 fully saturated rings. The van der Waals surface area contributed by atoms with Crippen molar-refractivity contribution in [3.05, 3.63) is 128 Å². The number of aromatic nitrogens is 5. The number of hydrogen-bond acceptors (Lipinski definition) is 3. The molecule has 0 aliphatic heterocycles. The van der Waals surface area contributed by atoms with Gasteiger partial charge in [-0.15, -0.1) is 0 Å². The van der Waals surface area contributed by atoms with Gasteiger partial charge in [0.1, 0.15) is 0 Å². The highest BCUT2D eigenvalue weighted by atomic mass is 15.0. The van der Waals surface area contributed by atoms with Gasteiger partial charge < -0.3 is 9.13 Å². The predicted octanol–water partition coefficient (Wildman–Crippen LogP) is 7.73. The Morgan fingerprint density at radius 3 is 2.18 bits per heavy atom. The highest BCUT2D eigenvalue weighted by Crippen LogP contribution is 2.37. The van der Waals surface area contributed by atoms with Gasteiger partial charge in [0.05, 0.1) is 34.6 Å². The summed E-state index contributed by atoms with van der Waals surface area (Å²) in [6.45, 7) is 0. The van der Waals surface area contributed by atoms with Crippen LogP contribution in [0.5, 0.6) is 0 Å². The zero-order valence-corrected chi connectivity index (χ0v) is 20.4. The molecule has 0 N–H and O–H groups in total. The summed E-state index contributed by atoms with van der Waals surface area (Å²) in [4.78, 5) is 13.6. The van der Waals surface area contributed by atoms with Crippen LogP contribution in [0.1, 0.15) is 0 Å². The van der Waals surface area contributed by atoms with E-state index in [0.29, 0.717) is 5.82 Å². The van der Waals surface area contributed by atoms with E-state index in [4.69, 9.17) is 0 Å². The maximum Gasteiger partial charge on any atom is 0.160 e. The number of benzene rings is 4. The molecule has 0 atom stereocenters. The first-order chi connectivity index (χ1) is 18.8. The maximum atomic E-state index is 4.68. The molecule has 4 aromatic heterocycles. The minimum absolute atomic E-state index is 0.665. The zero-order chi connectivity index (χ0) is 25.1. The number of nitrogens with zero attached hydrogens (tertiary/aromatic N) is 5. The summed E-state index contributed by atoms with van der Waals surface area (Å²) >= 11 is 0. The van der Waals surface area contributed by atoms with Gasteiger partial charge in [-0.2, -0.15) is 0 Å². The monoisotopic (exact) mass is 487 g/mol. The summed E-state index contributed by atoms with van der Waals surface area (Å²) < 4.78 is 4.51. The van der Waals surface area contributed by atoms with Crippen molar-refractivity contribution < 1.29 is 0 Å². The molecule has 0 saturated heterocycles. The molecular formula is C33H21N5. The molecule has 0 saturated carbocycles. The van der Waals surface area contributed by atoms with E-state index in [1.165, 1.54) is 32.4 Å². The van der Waals surface area contributed by atoms with Crippen LogP contribution in [-0.4, -0.2) is 24.1 Å². The first-order valence-corrected chi connectivity index (χ1v) is 12.6. The standard InChI is InChI=1S/C33H21N5/c1-2-8-24(9-3-1)37-16-14-27-28-18-29-26-10-4-5-11-31(26)38(32(29)17-22(28)12-13-30(27)37)25-20-35-33(36-21-25)23-7-6-15-34-19-23/h1-21H. The highest BCUT2D eigenvalue weighted by Gasteiger charge is 2.16. The molecule has 5 nitrogen and oxygen atoms in total. The Morgan fingerprint density at radius 1 is 0.526 bits per heavy atom. The molecule has 5 heteroatoms. The van der Waals surface area contributed by atoms with Gasteiger partial charge in [0.15, 0.2) is 5.82 Å². The Kier molecular flexibility index (Phi) is 4.45. The lowest BCUT2D eigenvalue weighted by Gasteiger charge is -2.09. The fourth-order valence-electron chi connectivity index (χ4n) is 5.59. The lowest BCUT2D eigenvalue weighted by molar-refractivity contribution is 1.08. The summed E-state index contributed by atoms with van der Waals surface area (Å²) in [5.74, 6) is 0.665. The van der Waals surface area contributed by atoms with E-state index < -0.39 is 0 Å². The molecule has 0 bridgehead atoms. The summed E-state index contributed by atoms with van der Waals surface area (Å²) in [5.41, 5.74) is 6.46. The fraction of sp³-hybridized carbons (Fsp3) is 0. The van der Waals surface area contributed by atoms with E-state index in [1.807, 2.05) is 24.5 Å². The van der Waals surface area contributed by atoms with Crippen LogP contribution >= 0.6 is 0 Å². The lowest BCUT2D eigenvalue weighted by atomic mass is 10.0. The van der Waals surface area contributed by atoms with Gasteiger partial charge in [-0.05, 0) is 65.4 Å². The second-order valence-electron chi connectivity index (χ2n) is 9.47. The molecule has 4 aromatic carbocycles. The minimum atomic E-state index is 0.665. The van der Waals surface area contributed by atoms with Gasteiger partial charge in [0, 0.05) is 46.0 Å². The van der Waals surface area contributed by atoms with Crippen molar-refractivity contribution in [3.8, 4) is 22.8 Å². The van der Waals surface area contributed by atoms with Crippen LogP contribution in [0.3, 0.4) is 0 Å². The number of para-hydroxylation sites is 2. The number of pyridine rings is 1. The van der Waals surface area contributed by atoms with E-state index in [9.17, 15) is 0 Å². The van der Waals surface area contributed by atoms with Crippen molar-refractivity contribution in [1.82, 2.24) is 24.1 Å².